The van der Waals surface area contributed by atoms with Gasteiger partial charge in [-0.1, -0.05) is 23.7 Å². The van der Waals surface area contributed by atoms with Gasteiger partial charge in [-0.25, -0.2) is 0 Å². The van der Waals surface area contributed by atoms with Crippen molar-refractivity contribution in [2.45, 2.75) is 25.8 Å². The molecule has 2 nitrogen and oxygen atoms in total. The summed E-state index contributed by atoms with van der Waals surface area (Å²) >= 11 is 6.08. The molecule has 1 aromatic rings. The summed E-state index contributed by atoms with van der Waals surface area (Å²) in [6.07, 6.45) is 2.65. The highest BCUT2D eigenvalue weighted by Crippen LogP contribution is 2.27. The predicted octanol–water partition coefficient (Wildman–Crippen LogP) is 3.33. The second kappa shape index (κ2) is 6.55. The van der Waals surface area contributed by atoms with Gasteiger partial charge in [-0.2, -0.15) is 0 Å². The summed E-state index contributed by atoms with van der Waals surface area (Å²) in [5.41, 5.74) is 1.33. The Bertz CT molecular complexity index is 379. The zero-order valence-electron chi connectivity index (χ0n) is 11.3. The van der Waals surface area contributed by atoms with Crippen LogP contribution in [0.2, 0.25) is 5.02 Å². The third kappa shape index (κ3) is 3.47. The first-order valence-corrected chi connectivity index (χ1v) is 7.22. The van der Waals surface area contributed by atoms with Gasteiger partial charge in [-0.05, 0) is 63.5 Å². The van der Waals surface area contributed by atoms with Crippen molar-refractivity contribution in [1.29, 1.82) is 0 Å². The van der Waals surface area contributed by atoms with E-state index in [1.807, 2.05) is 19.2 Å². The second-order valence-corrected chi connectivity index (χ2v) is 5.73. The quantitative estimate of drug-likeness (QED) is 0.899. The zero-order valence-corrected chi connectivity index (χ0v) is 12.1. The molecule has 1 fully saturated rings. The second-order valence-electron chi connectivity index (χ2n) is 5.29. The molecule has 1 heterocycles. The van der Waals surface area contributed by atoms with E-state index in [1.165, 1.54) is 31.5 Å². The summed E-state index contributed by atoms with van der Waals surface area (Å²) < 4.78 is 0. The molecule has 0 spiro atoms. The Hall–Kier alpha value is -0.570. The third-order valence-corrected chi connectivity index (χ3v) is 4.16. The van der Waals surface area contributed by atoms with Crippen molar-refractivity contribution >= 4 is 11.6 Å². The van der Waals surface area contributed by atoms with Crippen LogP contribution in [0.15, 0.2) is 24.3 Å². The van der Waals surface area contributed by atoms with Crippen LogP contribution in [0.5, 0.6) is 0 Å². The molecule has 1 aliphatic heterocycles. The lowest BCUT2D eigenvalue weighted by atomic mass is 9.95. The minimum atomic E-state index is 0.461. The molecule has 0 aromatic heterocycles. The van der Waals surface area contributed by atoms with Crippen molar-refractivity contribution in [2.75, 3.05) is 26.7 Å². The number of rotatable bonds is 4. The van der Waals surface area contributed by atoms with Crippen LogP contribution in [-0.2, 0) is 0 Å². The molecule has 0 bridgehead atoms. The Morgan fingerprint density at radius 2 is 2.33 bits per heavy atom. The van der Waals surface area contributed by atoms with Crippen LogP contribution in [0.4, 0.5) is 0 Å². The first-order chi connectivity index (χ1) is 8.70. The molecule has 3 heteroatoms. The van der Waals surface area contributed by atoms with E-state index < -0.39 is 0 Å². The Morgan fingerprint density at radius 1 is 1.50 bits per heavy atom. The van der Waals surface area contributed by atoms with Gasteiger partial charge in [0.1, 0.15) is 0 Å². The van der Waals surface area contributed by atoms with Gasteiger partial charge in [0.15, 0.2) is 0 Å². The number of hydrogen-bond acceptors (Lipinski definition) is 2. The van der Waals surface area contributed by atoms with E-state index in [2.05, 4.69) is 29.3 Å². The summed E-state index contributed by atoms with van der Waals surface area (Å²) in [7, 11) is 2.04. The highest BCUT2D eigenvalue weighted by molar-refractivity contribution is 6.30. The van der Waals surface area contributed by atoms with Gasteiger partial charge < -0.3 is 5.32 Å². The Morgan fingerprint density at radius 3 is 3.06 bits per heavy atom. The summed E-state index contributed by atoms with van der Waals surface area (Å²) in [4.78, 5) is 2.58. The number of nitrogens with zero attached hydrogens (tertiary/aromatic N) is 1. The third-order valence-electron chi connectivity index (χ3n) is 3.92. The Labute approximate surface area is 115 Å². The van der Waals surface area contributed by atoms with E-state index >= 15 is 0 Å². The molecule has 1 saturated heterocycles. The lowest BCUT2D eigenvalue weighted by Gasteiger charge is -2.37. The van der Waals surface area contributed by atoms with Crippen molar-refractivity contribution in [1.82, 2.24) is 10.2 Å². The summed E-state index contributed by atoms with van der Waals surface area (Å²) in [6.45, 7) is 5.80. The maximum absolute atomic E-state index is 6.08. The molecule has 2 rings (SSSR count). The average Bonchev–Trinajstić information content (AvgIpc) is 2.39. The van der Waals surface area contributed by atoms with Crippen molar-refractivity contribution in [3.8, 4) is 0 Å². The highest BCUT2D eigenvalue weighted by Gasteiger charge is 2.23. The lowest BCUT2D eigenvalue weighted by Crippen LogP contribution is -2.40. The normalized spacial score (nSPS) is 22.9. The van der Waals surface area contributed by atoms with Crippen LogP contribution in [0.3, 0.4) is 0 Å². The fraction of sp³-hybridized carbons (Fsp3) is 0.600. The molecule has 1 N–H and O–H groups in total. The lowest BCUT2D eigenvalue weighted by molar-refractivity contribution is 0.131. The van der Waals surface area contributed by atoms with Crippen LogP contribution < -0.4 is 5.32 Å². The highest BCUT2D eigenvalue weighted by atomic mass is 35.5. The minimum Gasteiger partial charge on any atom is -0.319 e. The van der Waals surface area contributed by atoms with E-state index in [-0.39, 0.29) is 0 Å². The average molecular weight is 267 g/mol. The number of hydrogen-bond donors (Lipinski definition) is 1. The number of benzene rings is 1. The summed E-state index contributed by atoms with van der Waals surface area (Å²) in [5.74, 6) is 0.783. The summed E-state index contributed by atoms with van der Waals surface area (Å²) in [5, 5.41) is 4.13. The first kappa shape index (κ1) is 13.9. The largest absolute Gasteiger partial charge is 0.319 e. The fourth-order valence-corrected chi connectivity index (χ4v) is 3.08. The predicted molar refractivity (Wildman–Crippen MR) is 78.1 cm³/mol. The molecule has 100 valence electrons. The van der Waals surface area contributed by atoms with E-state index in [0.29, 0.717) is 6.04 Å². The molecular weight excluding hydrogens is 244 g/mol. The van der Waals surface area contributed by atoms with Crippen molar-refractivity contribution in [2.24, 2.45) is 5.92 Å². The van der Waals surface area contributed by atoms with E-state index in [9.17, 15) is 0 Å². The molecule has 0 saturated carbocycles. The maximum atomic E-state index is 6.08. The SMILES string of the molecule is CNCC1CCCN(C(C)c2cccc(Cl)c2)C1. The van der Waals surface area contributed by atoms with Gasteiger partial charge in [0.25, 0.3) is 0 Å². The molecule has 0 radical (unpaired) electrons. The van der Waals surface area contributed by atoms with Crippen LogP contribution in [-0.4, -0.2) is 31.6 Å². The van der Waals surface area contributed by atoms with E-state index in [0.717, 1.165) is 17.5 Å². The van der Waals surface area contributed by atoms with Crippen molar-refractivity contribution in [3.63, 3.8) is 0 Å². The van der Waals surface area contributed by atoms with Crippen LogP contribution in [0.1, 0.15) is 31.4 Å². The number of likely N-dealkylation sites (tertiary alicyclic amines) is 1. The van der Waals surface area contributed by atoms with Gasteiger partial charge >= 0.3 is 0 Å². The molecule has 2 atom stereocenters. The summed E-state index contributed by atoms with van der Waals surface area (Å²) in [6, 6.07) is 8.72. The van der Waals surface area contributed by atoms with Gasteiger partial charge in [0.2, 0.25) is 0 Å². The van der Waals surface area contributed by atoms with Crippen LogP contribution >= 0.6 is 11.6 Å². The smallest absolute Gasteiger partial charge is 0.0409 e. The zero-order chi connectivity index (χ0) is 13.0. The van der Waals surface area contributed by atoms with Gasteiger partial charge in [-0.15, -0.1) is 0 Å². The molecule has 1 aromatic carbocycles. The van der Waals surface area contributed by atoms with Crippen molar-refractivity contribution in [3.05, 3.63) is 34.9 Å². The maximum Gasteiger partial charge on any atom is 0.0409 e. The van der Waals surface area contributed by atoms with Crippen LogP contribution in [0, 0.1) is 5.92 Å². The standard InChI is InChI=1S/C15H23ClN2/c1-12(14-6-3-7-15(16)9-14)18-8-4-5-13(11-18)10-17-2/h3,6-7,9,12-13,17H,4-5,8,10-11H2,1-2H3. The number of nitrogens with one attached hydrogen (secondary N) is 1. The molecule has 1 aliphatic rings. The van der Waals surface area contributed by atoms with Crippen LogP contribution in [0.25, 0.3) is 0 Å². The number of piperidine rings is 1. The van der Waals surface area contributed by atoms with E-state index in [4.69, 9.17) is 11.6 Å². The molecule has 2 unspecified atom stereocenters. The molecule has 18 heavy (non-hydrogen) atoms. The van der Waals surface area contributed by atoms with Gasteiger partial charge in [0, 0.05) is 17.6 Å². The Kier molecular flexibility index (Phi) is 5.04. The fourth-order valence-electron chi connectivity index (χ4n) is 2.88. The molecule has 0 amide bonds. The minimum absolute atomic E-state index is 0.461. The van der Waals surface area contributed by atoms with Crippen molar-refractivity contribution < 1.29 is 0 Å². The topological polar surface area (TPSA) is 15.3 Å². The van der Waals surface area contributed by atoms with Gasteiger partial charge in [0.05, 0.1) is 0 Å². The number of halogens is 1. The Balaban J connectivity index is 2.02. The van der Waals surface area contributed by atoms with Gasteiger partial charge in [-0.3, -0.25) is 4.90 Å². The van der Waals surface area contributed by atoms with E-state index in [1.54, 1.807) is 0 Å². The molecule has 0 aliphatic carbocycles. The molecular formula is C15H23ClN2. The monoisotopic (exact) mass is 266 g/mol. The first-order valence-electron chi connectivity index (χ1n) is 6.85.